The summed E-state index contributed by atoms with van der Waals surface area (Å²) < 4.78 is 106. The molecule has 0 bridgehead atoms. The molecule has 0 aliphatic carbocycles. The average Bonchev–Trinajstić information content (AvgIpc) is 3.96. The van der Waals surface area contributed by atoms with Crippen molar-refractivity contribution in [1.29, 1.82) is 0 Å². The van der Waals surface area contributed by atoms with E-state index in [0.717, 1.165) is 55.8 Å². The molecular formula is C36H23EuF9N2O6S3. The van der Waals surface area contributed by atoms with Crippen LogP contribution in [0, 0.1) is 49.4 Å². The number of carbonyl (C=O) groups excluding carboxylic acids is 3. The second-order valence-electron chi connectivity index (χ2n) is 10.3. The van der Waals surface area contributed by atoms with Gasteiger partial charge in [0.1, 0.15) is 17.3 Å². The number of ketones is 3. The van der Waals surface area contributed by atoms with Crippen molar-refractivity contribution in [3.8, 4) is 0 Å². The average molecular weight is 999 g/mol. The molecule has 3 N–H and O–H groups in total. The Kier molecular flexibility index (Phi) is 18.9. The maximum atomic E-state index is 11.7. The minimum absolute atomic E-state index is 0. The first kappa shape index (κ1) is 48.9. The van der Waals surface area contributed by atoms with E-state index in [1.54, 1.807) is 46.7 Å². The van der Waals surface area contributed by atoms with Crippen molar-refractivity contribution in [2.24, 2.45) is 0 Å². The minimum Gasteiger partial charge on any atom is -0.506 e. The number of pyridine rings is 2. The number of nitrogens with zero attached hydrogens (tertiary/aromatic N) is 2. The zero-order valence-corrected chi connectivity index (χ0v) is 32.9. The molecule has 0 aliphatic heterocycles. The van der Waals surface area contributed by atoms with Gasteiger partial charge in [-0.05, 0) is 46.5 Å². The van der Waals surface area contributed by atoms with Crippen molar-refractivity contribution < 1.29 is 119 Å². The molecule has 6 rings (SSSR count). The summed E-state index contributed by atoms with van der Waals surface area (Å²) in [7, 11) is 0. The topological polar surface area (TPSA) is 138 Å². The first-order valence-electron chi connectivity index (χ1n) is 14.9. The van der Waals surface area contributed by atoms with Gasteiger partial charge >= 0.3 is 18.5 Å². The predicted octanol–water partition coefficient (Wildman–Crippen LogP) is 11.1. The molecule has 0 saturated carbocycles. The molecule has 1 aromatic carbocycles. The van der Waals surface area contributed by atoms with Gasteiger partial charge in [0.25, 0.3) is 17.3 Å². The first-order chi connectivity index (χ1) is 26.2. The molecule has 6 aromatic rings. The molecule has 0 amide bonds. The van der Waals surface area contributed by atoms with Crippen LogP contribution in [0.1, 0.15) is 14.6 Å². The molecule has 301 valence electrons. The molecule has 1 radical (unpaired) electrons. The Hall–Kier alpha value is -4.28. The van der Waals surface area contributed by atoms with Crippen LogP contribution in [0.5, 0.6) is 0 Å². The quantitative estimate of drug-likeness (QED) is 0.0649. The van der Waals surface area contributed by atoms with Crippen LogP contribution in [0.15, 0.2) is 120 Å². The van der Waals surface area contributed by atoms with E-state index in [9.17, 15) is 53.9 Å². The molecule has 0 aliphatic rings. The Bertz CT molecular complexity index is 2090. The summed E-state index contributed by atoms with van der Waals surface area (Å²) in [6, 6.07) is 21.1. The van der Waals surface area contributed by atoms with Crippen LogP contribution in [0.4, 0.5) is 39.5 Å². The fourth-order valence-electron chi connectivity index (χ4n) is 3.78. The standard InChI is InChI=1S/C12H8N2.3C8H5F3O2S.Eu/c1-3-9-5-6-10-4-2-8-14-12(10)11(9)13-7-1;3*9-8(10,11)7(13)4-5(12)6-2-1-3-14-6;/h1-8H;3*1-4,12H;. The molecular weight excluding hydrogens is 976 g/mol. The molecule has 8 nitrogen and oxygen atoms in total. The molecule has 57 heavy (non-hydrogen) atoms. The third-order valence-corrected chi connectivity index (χ3v) is 8.98. The summed E-state index contributed by atoms with van der Waals surface area (Å²) in [4.78, 5) is 40.6. The number of hydrogen-bond acceptors (Lipinski definition) is 11. The van der Waals surface area contributed by atoms with E-state index >= 15 is 0 Å². The van der Waals surface area contributed by atoms with Gasteiger partial charge in [-0.25, -0.2) is 0 Å². The van der Waals surface area contributed by atoms with E-state index in [-0.39, 0.29) is 82.2 Å². The Morgan fingerprint density at radius 2 is 0.754 bits per heavy atom. The van der Waals surface area contributed by atoms with Gasteiger partial charge in [0, 0.05) is 90.8 Å². The molecule has 0 saturated heterocycles. The SMILES string of the molecule is O=C(C=C(O)c1cccs1)C(F)(F)F.O=C(C=C(O)c1cccs1)C(F)(F)F.O=C(C=C(O)c1cccs1)C(F)(F)F.[Eu].c1cnc2c(c1)ccc1cccnc12. The third kappa shape index (κ3) is 15.9. The van der Waals surface area contributed by atoms with Crippen molar-refractivity contribution in [3.05, 3.63) is 134 Å². The number of thiophene rings is 3. The summed E-state index contributed by atoms with van der Waals surface area (Å²) in [5, 5.41) is 34.3. The van der Waals surface area contributed by atoms with Crippen LogP contribution in [0.25, 0.3) is 39.1 Å². The fraction of sp³-hybridized carbons (Fsp3) is 0.0833. The Labute approximate surface area is 368 Å². The number of allylic oxidation sites excluding steroid dienone is 3. The first-order valence-corrected chi connectivity index (χ1v) is 17.6. The van der Waals surface area contributed by atoms with Gasteiger partial charge in [-0.1, -0.05) is 42.5 Å². The summed E-state index contributed by atoms with van der Waals surface area (Å²) in [5.74, 6) is -8.19. The van der Waals surface area contributed by atoms with Crippen LogP contribution in [0.3, 0.4) is 0 Å². The van der Waals surface area contributed by atoms with Crippen LogP contribution < -0.4 is 0 Å². The second-order valence-corrected chi connectivity index (χ2v) is 13.2. The monoisotopic (exact) mass is 999 g/mol. The fourth-order valence-corrected chi connectivity index (χ4v) is 5.71. The molecule has 5 heterocycles. The van der Waals surface area contributed by atoms with Crippen molar-refractivity contribution >= 4 is 90.4 Å². The van der Waals surface area contributed by atoms with Crippen LogP contribution in [0.2, 0.25) is 0 Å². The van der Waals surface area contributed by atoms with E-state index in [4.69, 9.17) is 15.3 Å². The number of aliphatic hydroxyl groups is 3. The molecule has 0 unspecified atom stereocenters. The van der Waals surface area contributed by atoms with Gasteiger partial charge in [0.2, 0.25) is 0 Å². The van der Waals surface area contributed by atoms with Crippen LogP contribution in [-0.4, -0.2) is 61.2 Å². The number of rotatable bonds is 6. The summed E-state index contributed by atoms with van der Waals surface area (Å²) in [5.41, 5.74) is 1.95. The number of alkyl halides is 9. The number of halogens is 9. The van der Waals surface area contributed by atoms with Crippen molar-refractivity contribution in [2.45, 2.75) is 18.5 Å². The summed E-state index contributed by atoms with van der Waals surface area (Å²) >= 11 is 3.14. The number of fused-ring (bicyclic) bond motifs is 3. The van der Waals surface area contributed by atoms with E-state index in [0.29, 0.717) is 0 Å². The van der Waals surface area contributed by atoms with Gasteiger partial charge in [0.15, 0.2) is 0 Å². The maximum Gasteiger partial charge on any atom is 0.454 e. The number of aromatic nitrogens is 2. The molecule has 0 fully saturated rings. The smallest absolute Gasteiger partial charge is 0.454 e. The molecule has 0 spiro atoms. The Morgan fingerprint density at radius 3 is 0.982 bits per heavy atom. The minimum atomic E-state index is -4.94. The normalized spacial score (nSPS) is 12.2. The Morgan fingerprint density at radius 1 is 0.474 bits per heavy atom. The Balaban J connectivity index is 0.000000261. The van der Waals surface area contributed by atoms with E-state index in [1.165, 1.54) is 18.2 Å². The van der Waals surface area contributed by atoms with Crippen molar-refractivity contribution in [3.63, 3.8) is 0 Å². The van der Waals surface area contributed by atoms with E-state index in [1.807, 2.05) is 12.1 Å². The molecule has 5 aromatic heterocycles. The van der Waals surface area contributed by atoms with Gasteiger partial charge in [-0.2, -0.15) is 39.5 Å². The summed E-state index contributed by atoms with van der Waals surface area (Å²) in [6.07, 6.45) is -10.7. The molecule has 21 heteroatoms. The van der Waals surface area contributed by atoms with E-state index < -0.39 is 53.2 Å². The number of benzene rings is 1. The largest absolute Gasteiger partial charge is 0.506 e. The van der Waals surface area contributed by atoms with Crippen molar-refractivity contribution in [1.82, 2.24) is 9.97 Å². The third-order valence-electron chi connectivity index (χ3n) is 6.31. The van der Waals surface area contributed by atoms with Gasteiger partial charge in [-0.15, -0.1) is 34.0 Å². The van der Waals surface area contributed by atoms with E-state index in [2.05, 4.69) is 34.2 Å². The zero-order valence-electron chi connectivity index (χ0n) is 28.0. The number of carbonyl (C=O) groups is 3. The second kappa shape index (κ2) is 22.0. The predicted molar refractivity (Wildman–Crippen MR) is 195 cm³/mol. The summed E-state index contributed by atoms with van der Waals surface area (Å²) in [6.45, 7) is 0. The maximum absolute atomic E-state index is 11.7. The molecule has 0 atom stereocenters. The van der Waals surface area contributed by atoms with Gasteiger partial charge in [-0.3, -0.25) is 24.4 Å². The van der Waals surface area contributed by atoms with Gasteiger partial charge in [0.05, 0.1) is 25.7 Å². The zero-order chi connectivity index (χ0) is 41.7. The number of aliphatic hydroxyl groups excluding tert-OH is 3. The van der Waals surface area contributed by atoms with Gasteiger partial charge < -0.3 is 15.3 Å². The van der Waals surface area contributed by atoms with Crippen molar-refractivity contribution in [2.75, 3.05) is 0 Å². The van der Waals surface area contributed by atoms with Crippen LogP contribution >= 0.6 is 34.0 Å². The number of hydrogen-bond donors (Lipinski definition) is 3. The van der Waals surface area contributed by atoms with Crippen LogP contribution in [-0.2, 0) is 14.4 Å².